The maximum Gasteiger partial charge on any atom is 0.148 e. The van der Waals surface area contributed by atoms with Gasteiger partial charge in [-0.1, -0.05) is 0 Å². The van der Waals surface area contributed by atoms with Crippen molar-refractivity contribution < 1.29 is 4.74 Å². The Balaban J connectivity index is 1.80. The predicted molar refractivity (Wildman–Crippen MR) is 90.6 cm³/mol. The summed E-state index contributed by atoms with van der Waals surface area (Å²) in [5.41, 5.74) is 7.78. The fourth-order valence-electron chi connectivity index (χ4n) is 2.08. The second kappa shape index (κ2) is 6.48. The van der Waals surface area contributed by atoms with Crippen molar-refractivity contribution in [3.05, 3.63) is 48.1 Å². The zero-order valence-corrected chi connectivity index (χ0v) is 12.9. The van der Waals surface area contributed by atoms with E-state index in [0.717, 1.165) is 11.3 Å². The maximum absolute atomic E-state index is 7.57. The summed E-state index contributed by atoms with van der Waals surface area (Å²) in [6.07, 6.45) is 7.16. The van der Waals surface area contributed by atoms with Crippen LogP contribution < -0.4 is 15.8 Å². The number of anilines is 1. The molecule has 118 valence electrons. The first kappa shape index (κ1) is 15.0. The van der Waals surface area contributed by atoms with Crippen LogP contribution in [0.15, 0.2) is 36.7 Å². The minimum atomic E-state index is 0.463. The van der Waals surface area contributed by atoms with Crippen LogP contribution in [0.1, 0.15) is 24.2 Å². The van der Waals surface area contributed by atoms with E-state index in [4.69, 9.17) is 15.9 Å². The van der Waals surface area contributed by atoms with Gasteiger partial charge in [0.15, 0.2) is 0 Å². The van der Waals surface area contributed by atoms with Gasteiger partial charge in [0.1, 0.15) is 17.3 Å². The SMILES string of the molecule is Cc1nc(N)ccc1Oc1ccnc(/C(C=N)=C/NC2CC2)c1. The summed E-state index contributed by atoms with van der Waals surface area (Å²) in [6.45, 7) is 1.84. The Morgan fingerprint density at radius 2 is 2.22 bits per heavy atom. The van der Waals surface area contributed by atoms with Gasteiger partial charge in [0.05, 0.1) is 11.4 Å². The van der Waals surface area contributed by atoms with E-state index in [1.54, 1.807) is 30.5 Å². The molecule has 23 heavy (non-hydrogen) atoms. The van der Waals surface area contributed by atoms with Gasteiger partial charge in [-0.25, -0.2) is 4.98 Å². The first-order valence-electron chi connectivity index (χ1n) is 7.50. The van der Waals surface area contributed by atoms with Crippen molar-refractivity contribution in [3.63, 3.8) is 0 Å². The monoisotopic (exact) mass is 309 g/mol. The van der Waals surface area contributed by atoms with Crippen LogP contribution in [-0.2, 0) is 0 Å². The largest absolute Gasteiger partial charge is 0.455 e. The average molecular weight is 309 g/mol. The van der Waals surface area contributed by atoms with Crippen LogP contribution in [0.2, 0.25) is 0 Å². The van der Waals surface area contributed by atoms with E-state index in [2.05, 4.69) is 15.3 Å². The Morgan fingerprint density at radius 3 is 2.91 bits per heavy atom. The summed E-state index contributed by atoms with van der Waals surface area (Å²) in [5.74, 6) is 1.75. The Bertz CT molecular complexity index is 752. The third-order valence-corrected chi connectivity index (χ3v) is 3.52. The zero-order valence-electron chi connectivity index (χ0n) is 12.9. The van der Waals surface area contributed by atoms with E-state index in [1.165, 1.54) is 19.1 Å². The predicted octanol–water partition coefficient (Wildman–Crippen LogP) is 2.90. The summed E-state index contributed by atoms with van der Waals surface area (Å²) < 4.78 is 5.86. The summed E-state index contributed by atoms with van der Waals surface area (Å²) in [7, 11) is 0. The molecular formula is C17H19N5O. The molecule has 2 heterocycles. The van der Waals surface area contributed by atoms with Crippen LogP contribution >= 0.6 is 0 Å². The molecule has 6 nitrogen and oxygen atoms in total. The molecule has 0 aliphatic heterocycles. The lowest BCUT2D eigenvalue weighted by Crippen LogP contribution is -2.08. The summed E-state index contributed by atoms with van der Waals surface area (Å²) in [4.78, 5) is 8.49. The van der Waals surface area contributed by atoms with Gasteiger partial charge in [0.2, 0.25) is 0 Å². The van der Waals surface area contributed by atoms with Gasteiger partial charge >= 0.3 is 0 Å². The van der Waals surface area contributed by atoms with Gasteiger partial charge < -0.3 is 21.2 Å². The number of nitrogen functional groups attached to an aromatic ring is 1. The molecular weight excluding hydrogens is 290 g/mol. The minimum absolute atomic E-state index is 0.463. The maximum atomic E-state index is 7.57. The Kier molecular flexibility index (Phi) is 4.23. The molecule has 0 radical (unpaired) electrons. The minimum Gasteiger partial charge on any atom is -0.455 e. The average Bonchev–Trinajstić information content (AvgIpc) is 3.36. The van der Waals surface area contributed by atoms with E-state index in [9.17, 15) is 0 Å². The molecule has 1 aliphatic rings. The molecule has 1 fully saturated rings. The van der Waals surface area contributed by atoms with E-state index < -0.39 is 0 Å². The topological polar surface area (TPSA) is 96.9 Å². The van der Waals surface area contributed by atoms with Crippen molar-refractivity contribution in [2.24, 2.45) is 0 Å². The third-order valence-electron chi connectivity index (χ3n) is 3.52. The molecule has 1 aliphatic carbocycles. The standard InChI is InChI=1S/C17H19N5O/c1-11-16(4-5-17(19)22-11)23-14-6-7-20-15(8-14)12(9-18)10-21-13-2-3-13/h4-10,13,18,21H,2-3H2,1H3,(H2,19,22)/b12-10+,18-9?. The van der Waals surface area contributed by atoms with Crippen LogP contribution in [0.5, 0.6) is 11.5 Å². The highest BCUT2D eigenvalue weighted by atomic mass is 16.5. The number of aryl methyl sites for hydroxylation is 1. The molecule has 0 unspecified atom stereocenters. The van der Waals surface area contributed by atoms with Crippen LogP contribution in [0.4, 0.5) is 5.82 Å². The van der Waals surface area contributed by atoms with Crippen molar-refractivity contribution in [2.45, 2.75) is 25.8 Å². The molecule has 0 bridgehead atoms. The smallest absolute Gasteiger partial charge is 0.148 e. The van der Waals surface area contributed by atoms with Gasteiger partial charge in [-0.15, -0.1) is 0 Å². The van der Waals surface area contributed by atoms with Crippen LogP contribution in [0, 0.1) is 12.3 Å². The van der Waals surface area contributed by atoms with Gasteiger partial charge in [0, 0.05) is 36.3 Å². The fraction of sp³-hybridized carbons (Fsp3) is 0.235. The fourth-order valence-corrected chi connectivity index (χ4v) is 2.08. The Labute approximate surface area is 134 Å². The molecule has 3 rings (SSSR count). The number of pyridine rings is 2. The molecule has 0 spiro atoms. The third kappa shape index (κ3) is 3.85. The highest BCUT2D eigenvalue weighted by Crippen LogP contribution is 2.26. The molecule has 2 aromatic heterocycles. The highest BCUT2D eigenvalue weighted by molar-refractivity contribution is 6.07. The lowest BCUT2D eigenvalue weighted by atomic mass is 10.2. The summed E-state index contributed by atoms with van der Waals surface area (Å²) >= 11 is 0. The lowest BCUT2D eigenvalue weighted by Gasteiger charge is -2.10. The second-order valence-electron chi connectivity index (χ2n) is 5.48. The van der Waals surface area contributed by atoms with E-state index in [-0.39, 0.29) is 0 Å². The number of rotatable bonds is 6. The quantitative estimate of drug-likeness (QED) is 0.713. The Hall–Kier alpha value is -2.89. The number of ether oxygens (including phenoxy) is 1. The number of hydrogen-bond donors (Lipinski definition) is 3. The van der Waals surface area contributed by atoms with E-state index in [1.807, 2.05) is 13.1 Å². The van der Waals surface area contributed by atoms with Gasteiger partial charge in [-0.05, 0) is 38.0 Å². The van der Waals surface area contributed by atoms with Crippen LogP contribution in [-0.4, -0.2) is 22.2 Å². The zero-order chi connectivity index (χ0) is 16.2. The number of hydrogen-bond acceptors (Lipinski definition) is 6. The van der Waals surface area contributed by atoms with E-state index >= 15 is 0 Å². The number of nitrogens with one attached hydrogen (secondary N) is 2. The molecule has 1 saturated carbocycles. The van der Waals surface area contributed by atoms with Crippen molar-refractivity contribution in [1.29, 1.82) is 5.41 Å². The van der Waals surface area contributed by atoms with E-state index in [0.29, 0.717) is 29.1 Å². The van der Waals surface area contributed by atoms with Crippen LogP contribution in [0.25, 0.3) is 5.57 Å². The summed E-state index contributed by atoms with van der Waals surface area (Å²) in [6, 6.07) is 7.61. The van der Waals surface area contributed by atoms with Crippen LogP contribution in [0.3, 0.4) is 0 Å². The molecule has 0 aromatic carbocycles. The van der Waals surface area contributed by atoms with Gasteiger partial charge in [-0.3, -0.25) is 4.98 Å². The number of nitrogens with two attached hydrogens (primary N) is 1. The van der Waals surface area contributed by atoms with Crippen molar-refractivity contribution in [2.75, 3.05) is 5.73 Å². The first-order valence-corrected chi connectivity index (χ1v) is 7.50. The van der Waals surface area contributed by atoms with Gasteiger partial charge in [-0.2, -0.15) is 0 Å². The molecule has 0 atom stereocenters. The lowest BCUT2D eigenvalue weighted by molar-refractivity contribution is 0.475. The van der Waals surface area contributed by atoms with Crippen molar-refractivity contribution >= 4 is 17.6 Å². The number of nitrogens with zero attached hydrogens (tertiary/aromatic N) is 2. The number of allylic oxidation sites excluding steroid dienone is 1. The molecule has 6 heteroatoms. The Morgan fingerprint density at radius 1 is 1.39 bits per heavy atom. The molecule has 4 N–H and O–H groups in total. The normalized spacial score (nSPS) is 14.4. The van der Waals surface area contributed by atoms with Crippen molar-refractivity contribution in [1.82, 2.24) is 15.3 Å². The molecule has 0 saturated heterocycles. The molecule has 2 aromatic rings. The summed E-state index contributed by atoms with van der Waals surface area (Å²) in [5, 5.41) is 10.8. The first-order chi connectivity index (χ1) is 11.2. The molecule has 0 amide bonds. The second-order valence-corrected chi connectivity index (χ2v) is 5.48. The number of aromatic nitrogens is 2. The van der Waals surface area contributed by atoms with Gasteiger partial charge in [0.25, 0.3) is 0 Å². The van der Waals surface area contributed by atoms with Crippen molar-refractivity contribution in [3.8, 4) is 11.5 Å². The highest BCUT2D eigenvalue weighted by Gasteiger charge is 2.19.